The van der Waals surface area contributed by atoms with E-state index in [2.05, 4.69) is 26.7 Å². The Morgan fingerprint density at radius 2 is 1.76 bits per heavy atom. The van der Waals surface area contributed by atoms with Crippen LogP contribution in [0.2, 0.25) is 5.02 Å². The quantitative estimate of drug-likeness (QED) is 0.685. The second kappa shape index (κ2) is 7.20. The average Bonchev–Trinajstić information content (AvgIpc) is 2.58. The molecular formula is C19H16ClN5. The molecule has 0 atom stereocenters. The number of aromatic nitrogens is 2. The summed E-state index contributed by atoms with van der Waals surface area (Å²) in [5, 5.41) is 16.2. The van der Waals surface area contributed by atoms with E-state index in [1.165, 1.54) is 0 Å². The van der Waals surface area contributed by atoms with Crippen LogP contribution < -0.4 is 10.6 Å². The standard InChI is InChI=1S/C19H16ClN5/c1-12-7-8-15(20)10-17(12)24-19-22-13(2)9-18(25-19)23-16-6-4-3-5-14(16)11-21/h3-10H,1-2H3,(H2,22,23,24,25). The molecule has 25 heavy (non-hydrogen) atoms. The average molecular weight is 350 g/mol. The Hall–Kier alpha value is -3.10. The number of nitrogens with one attached hydrogen (secondary N) is 2. The fourth-order valence-electron chi connectivity index (χ4n) is 2.37. The van der Waals surface area contributed by atoms with E-state index < -0.39 is 0 Å². The van der Waals surface area contributed by atoms with Crippen LogP contribution in [0.1, 0.15) is 16.8 Å². The lowest BCUT2D eigenvalue weighted by atomic mass is 10.2. The van der Waals surface area contributed by atoms with Crippen LogP contribution in [0, 0.1) is 25.2 Å². The Labute approximate surface area is 151 Å². The Balaban J connectivity index is 1.91. The van der Waals surface area contributed by atoms with Crippen molar-refractivity contribution >= 4 is 34.7 Å². The number of halogens is 1. The molecule has 0 saturated carbocycles. The van der Waals surface area contributed by atoms with E-state index in [-0.39, 0.29) is 0 Å². The SMILES string of the molecule is Cc1cc(Nc2ccccc2C#N)nc(Nc2cc(Cl)ccc2C)n1. The summed E-state index contributed by atoms with van der Waals surface area (Å²) in [6.45, 7) is 3.87. The third-order valence-corrected chi connectivity index (χ3v) is 3.85. The number of hydrogen-bond acceptors (Lipinski definition) is 5. The summed E-state index contributed by atoms with van der Waals surface area (Å²) in [5.41, 5.74) is 3.95. The fraction of sp³-hybridized carbons (Fsp3) is 0.105. The van der Waals surface area contributed by atoms with Gasteiger partial charge in [-0.1, -0.05) is 29.8 Å². The Morgan fingerprint density at radius 1 is 0.960 bits per heavy atom. The second-order valence-electron chi connectivity index (χ2n) is 5.58. The third kappa shape index (κ3) is 4.06. The van der Waals surface area contributed by atoms with Crippen molar-refractivity contribution < 1.29 is 0 Å². The molecule has 5 nitrogen and oxygen atoms in total. The van der Waals surface area contributed by atoms with E-state index in [9.17, 15) is 5.26 Å². The van der Waals surface area contributed by atoms with Crippen molar-refractivity contribution in [2.45, 2.75) is 13.8 Å². The first kappa shape index (κ1) is 16.7. The Kier molecular flexibility index (Phi) is 4.82. The molecule has 0 saturated heterocycles. The van der Waals surface area contributed by atoms with Crippen LogP contribution in [0.25, 0.3) is 0 Å². The number of aryl methyl sites for hydroxylation is 2. The summed E-state index contributed by atoms with van der Waals surface area (Å²) in [6.07, 6.45) is 0. The molecule has 0 amide bonds. The molecule has 0 fully saturated rings. The highest BCUT2D eigenvalue weighted by molar-refractivity contribution is 6.30. The summed E-state index contributed by atoms with van der Waals surface area (Å²) in [4.78, 5) is 8.90. The molecule has 0 bridgehead atoms. The topological polar surface area (TPSA) is 73.6 Å². The van der Waals surface area contributed by atoms with E-state index in [1.807, 2.05) is 56.3 Å². The van der Waals surface area contributed by atoms with Crippen molar-refractivity contribution in [1.82, 2.24) is 9.97 Å². The second-order valence-corrected chi connectivity index (χ2v) is 6.02. The zero-order valence-electron chi connectivity index (χ0n) is 13.8. The maximum absolute atomic E-state index is 9.21. The van der Waals surface area contributed by atoms with E-state index in [0.717, 1.165) is 16.9 Å². The summed E-state index contributed by atoms with van der Waals surface area (Å²) < 4.78 is 0. The first-order valence-electron chi connectivity index (χ1n) is 7.70. The van der Waals surface area contributed by atoms with E-state index in [0.29, 0.717) is 28.0 Å². The molecule has 2 aromatic carbocycles. The number of rotatable bonds is 4. The molecule has 2 N–H and O–H groups in total. The van der Waals surface area contributed by atoms with Crippen molar-refractivity contribution in [3.05, 3.63) is 70.4 Å². The maximum atomic E-state index is 9.21. The lowest BCUT2D eigenvalue weighted by Gasteiger charge is -2.12. The number of para-hydroxylation sites is 1. The summed E-state index contributed by atoms with van der Waals surface area (Å²) >= 11 is 6.06. The van der Waals surface area contributed by atoms with Crippen LogP contribution in [-0.4, -0.2) is 9.97 Å². The van der Waals surface area contributed by atoms with Crippen LogP contribution in [0.4, 0.5) is 23.1 Å². The van der Waals surface area contributed by atoms with Gasteiger partial charge in [-0.2, -0.15) is 10.2 Å². The first-order valence-corrected chi connectivity index (χ1v) is 8.08. The monoisotopic (exact) mass is 349 g/mol. The molecule has 0 aliphatic heterocycles. The predicted molar refractivity (Wildman–Crippen MR) is 101 cm³/mol. The lowest BCUT2D eigenvalue weighted by Crippen LogP contribution is -2.03. The van der Waals surface area contributed by atoms with Gasteiger partial charge in [0.15, 0.2) is 0 Å². The van der Waals surface area contributed by atoms with Crippen molar-refractivity contribution in [3.63, 3.8) is 0 Å². The van der Waals surface area contributed by atoms with Gasteiger partial charge in [0.05, 0.1) is 11.3 Å². The minimum atomic E-state index is 0.460. The summed E-state index contributed by atoms with van der Waals surface area (Å²) in [7, 11) is 0. The van der Waals surface area contributed by atoms with E-state index in [4.69, 9.17) is 11.6 Å². The van der Waals surface area contributed by atoms with Crippen molar-refractivity contribution in [3.8, 4) is 6.07 Å². The smallest absolute Gasteiger partial charge is 0.229 e. The van der Waals surface area contributed by atoms with E-state index >= 15 is 0 Å². The molecule has 0 aliphatic carbocycles. The minimum absolute atomic E-state index is 0.460. The summed E-state index contributed by atoms with van der Waals surface area (Å²) in [6, 6.07) is 16.9. The van der Waals surface area contributed by atoms with Crippen molar-refractivity contribution in [2.75, 3.05) is 10.6 Å². The fourth-order valence-corrected chi connectivity index (χ4v) is 2.54. The lowest BCUT2D eigenvalue weighted by molar-refractivity contribution is 1.10. The number of benzene rings is 2. The van der Waals surface area contributed by atoms with Gasteiger partial charge < -0.3 is 10.6 Å². The molecule has 3 rings (SSSR count). The predicted octanol–water partition coefficient (Wildman–Crippen LogP) is 5.11. The highest BCUT2D eigenvalue weighted by atomic mass is 35.5. The van der Waals surface area contributed by atoms with Gasteiger partial charge in [0.1, 0.15) is 11.9 Å². The van der Waals surface area contributed by atoms with Crippen molar-refractivity contribution in [2.24, 2.45) is 0 Å². The number of hydrogen-bond donors (Lipinski definition) is 2. The molecule has 3 aromatic rings. The maximum Gasteiger partial charge on any atom is 0.229 e. The molecule has 124 valence electrons. The van der Waals surface area contributed by atoms with Crippen LogP contribution in [0.15, 0.2) is 48.5 Å². The molecule has 0 aliphatic rings. The van der Waals surface area contributed by atoms with E-state index in [1.54, 1.807) is 6.07 Å². The summed E-state index contributed by atoms with van der Waals surface area (Å²) in [5.74, 6) is 1.07. The van der Waals surface area contributed by atoms with Gasteiger partial charge in [-0.15, -0.1) is 0 Å². The van der Waals surface area contributed by atoms with Gasteiger partial charge in [-0.25, -0.2) is 4.98 Å². The highest BCUT2D eigenvalue weighted by Crippen LogP contribution is 2.25. The van der Waals surface area contributed by atoms with Gasteiger partial charge >= 0.3 is 0 Å². The highest BCUT2D eigenvalue weighted by Gasteiger charge is 2.07. The molecular weight excluding hydrogens is 334 g/mol. The minimum Gasteiger partial charge on any atom is -0.339 e. The van der Waals surface area contributed by atoms with Crippen LogP contribution in [-0.2, 0) is 0 Å². The van der Waals surface area contributed by atoms with Crippen LogP contribution in [0.5, 0.6) is 0 Å². The van der Waals surface area contributed by atoms with Crippen molar-refractivity contribution in [1.29, 1.82) is 5.26 Å². The Morgan fingerprint density at radius 3 is 2.56 bits per heavy atom. The first-order chi connectivity index (χ1) is 12.0. The zero-order valence-corrected chi connectivity index (χ0v) is 14.6. The largest absolute Gasteiger partial charge is 0.339 e. The van der Waals surface area contributed by atoms with Gasteiger partial charge in [-0.05, 0) is 43.7 Å². The van der Waals surface area contributed by atoms with Gasteiger partial charge in [0.2, 0.25) is 5.95 Å². The van der Waals surface area contributed by atoms with Gasteiger partial charge in [-0.3, -0.25) is 0 Å². The Bertz CT molecular complexity index is 962. The third-order valence-electron chi connectivity index (χ3n) is 3.61. The molecule has 1 heterocycles. The normalized spacial score (nSPS) is 10.2. The molecule has 6 heteroatoms. The molecule has 0 radical (unpaired) electrons. The van der Waals surface area contributed by atoms with Crippen LogP contribution >= 0.6 is 11.6 Å². The molecule has 0 unspecified atom stereocenters. The number of nitriles is 1. The van der Waals surface area contributed by atoms with Gasteiger partial charge in [0, 0.05) is 22.5 Å². The van der Waals surface area contributed by atoms with Crippen LogP contribution in [0.3, 0.4) is 0 Å². The molecule has 1 aromatic heterocycles. The zero-order chi connectivity index (χ0) is 17.8. The number of anilines is 4. The molecule has 0 spiro atoms. The van der Waals surface area contributed by atoms with Gasteiger partial charge in [0.25, 0.3) is 0 Å². The number of nitrogens with zero attached hydrogens (tertiary/aromatic N) is 3.